The third-order valence-corrected chi connectivity index (χ3v) is 2.83. The van der Waals surface area contributed by atoms with Crippen molar-refractivity contribution >= 4 is 5.91 Å². The summed E-state index contributed by atoms with van der Waals surface area (Å²) in [5.74, 6) is -0.655. The van der Waals surface area contributed by atoms with Crippen LogP contribution >= 0.6 is 0 Å². The normalized spacial score (nSPS) is 12.3. The minimum absolute atomic E-state index is 0.0259. The van der Waals surface area contributed by atoms with E-state index in [0.717, 1.165) is 12.0 Å². The standard InChI is InChI=1S/C15H23FN2O2/c1-4-12(17)7-11-5-6-14(13(16)8-11)20-9-15(19)18-10(2)3/h5-6,8,10,12H,4,7,9,17H2,1-3H3,(H,18,19). The molecular weight excluding hydrogens is 259 g/mol. The van der Waals surface area contributed by atoms with Gasteiger partial charge >= 0.3 is 0 Å². The first-order valence-corrected chi connectivity index (χ1v) is 6.88. The first-order valence-electron chi connectivity index (χ1n) is 6.88. The number of halogens is 1. The quantitative estimate of drug-likeness (QED) is 0.804. The molecule has 1 unspecified atom stereocenters. The number of carbonyl (C=O) groups excluding carboxylic acids is 1. The van der Waals surface area contributed by atoms with Crippen LogP contribution in [0.2, 0.25) is 0 Å². The molecule has 1 atom stereocenters. The van der Waals surface area contributed by atoms with Gasteiger partial charge < -0.3 is 15.8 Å². The third kappa shape index (κ3) is 5.57. The summed E-state index contributed by atoms with van der Waals surface area (Å²) in [6.45, 7) is 5.50. The molecule has 0 aromatic heterocycles. The van der Waals surface area contributed by atoms with Gasteiger partial charge in [-0.25, -0.2) is 4.39 Å². The summed E-state index contributed by atoms with van der Waals surface area (Å²) in [4.78, 5) is 11.4. The van der Waals surface area contributed by atoms with Gasteiger partial charge in [-0.15, -0.1) is 0 Å². The van der Waals surface area contributed by atoms with Crippen molar-refractivity contribution < 1.29 is 13.9 Å². The summed E-state index contributed by atoms with van der Waals surface area (Å²) >= 11 is 0. The number of nitrogens with one attached hydrogen (secondary N) is 1. The Morgan fingerprint density at radius 2 is 2.15 bits per heavy atom. The molecule has 3 N–H and O–H groups in total. The smallest absolute Gasteiger partial charge is 0.258 e. The van der Waals surface area contributed by atoms with Crippen LogP contribution in [0.4, 0.5) is 4.39 Å². The maximum atomic E-state index is 13.8. The van der Waals surface area contributed by atoms with E-state index in [4.69, 9.17) is 10.5 Å². The van der Waals surface area contributed by atoms with Gasteiger partial charge in [0, 0.05) is 12.1 Å². The Kier molecular flexibility index (Phi) is 6.45. The van der Waals surface area contributed by atoms with E-state index >= 15 is 0 Å². The Hall–Kier alpha value is -1.62. The lowest BCUT2D eigenvalue weighted by atomic mass is 10.0. The van der Waals surface area contributed by atoms with Crippen molar-refractivity contribution in [3.63, 3.8) is 0 Å². The minimum atomic E-state index is -0.469. The highest BCUT2D eigenvalue weighted by atomic mass is 19.1. The first kappa shape index (κ1) is 16.4. The van der Waals surface area contributed by atoms with Gasteiger partial charge in [0.05, 0.1) is 0 Å². The Morgan fingerprint density at radius 1 is 1.45 bits per heavy atom. The van der Waals surface area contributed by atoms with Gasteiger partial charge in [-0.3, -0.25) is 4.79 Å². The molecule has 0 aliphatic carbocycles. The molecule has 0 spiro atoms. The Labute approximate surface area is 119 Å². The van der Waals surface area contributed by atoms with Gasteiger partial charge in [-0.1, -0.05) is 13.0 Å². The van der Waals surface area contributed by atoms with E-state index in [1.807, 2.05) is 20.8 Å². The number of hydrogen-bond donors (Lipinski definition) is 2. The number of carbonyl (C=O) groups is 1. The molecule has 0 bridgehead atoms. The Morgan fingerprint density at radius 3 is 2.70 bits per heavy atom. The van der Waals surface area contributed by atoms with E-state index in [-0.39, 0.29) is 30.3 Å². The summed E-state index contributed by atoms with van der Waals surface area (Å²) in [6, 6.07) is 4.78. The average molecular weight is 282 g/mol. The molecule has 0 radical (unpaired) electrons. The molecule has 112 valence electrons. The van der Waals surface area contributed by atoms with Crippen LogP contribution in [0.15, 0.2) is 18.2 Å². The zero-order valence-electron chi connectivity index (χ0n) is 12.3. The van der Waals surface area contributed by atoms with Crippen molar-refractivity contribution in [3.8, 4) is 5.75 Å². The van der Waals surface area contributed by atoms with E-state index in [1.54, 1.807) is 6.07 Å². The van der Waals surface area contributed by atoms with Gasteiger partial charge in [0.1, 0.15) is 0 Å². The number of benzene rings is 1. The fraction of sp³-hybridized carbons (Fsp3) is 0.533. The predicted molar refractivity (Wildman–Crippen MR) is 77.1 cm³/mol. The molecular formula is C15H23FN2O2. The summed E-state index contributed by atoms with van der Waals surface area (Å²) in [5, 5.41) is 2.67. The van der Waals surface area contributed by atoms with Crippen molar-refractivity contribution in [2.24, 2.45) is 5.73 Å². The number of ether oxygens (including phenoxy) is 1. The van der Waals surface area contributed by atoms with Gasteiger partial charge in [0.25, 0.3) is 5.91 Å². The number of amides is 1. The van der Waals surface area contributed by atoms with Gasteiger partial charge in [-0.2, -0.15) is 0 Å². The second kappa shape index (κ2) is 7.85. The topological polar surface area (TPSA) is 64.3 Å². The maximum Gasteiger partial charge on any atom is 0.258 e. The molecule has 0 saturated carbocycles. The highest BCUT2D eigenvalue weighted by molar-refractivity contribution is 5.77. The van der Waals surface area contributed by atoms with Gasteiger partial charge in [0.2, 0.25) is 0 Å². The molecule has 5 heteroatoms. The van der Waals surface area contributed by atoms with Crippen LogP contribution in [-0.4, -0.2) is 24.6 Å². The van der Waals surface area contributed by atoms with Crippen molar-refractivity contribution in [2.75, 3.05) is 6.61 Å². The molecule has 20 heavy (non-hydrogen) atoms. The second-order valence-electron chi connectivity index (χ2n) is 5.15. The Bertz CT molecular complexity index is 449. The lowest BCUT2D eigenvalue weighted by Crippen LogP contribution is -2.34. The van der Waals surface area contributed by atoms with Crippen LogP contribution in [0.25, 0.3) is 0 Å². The largest absolute Gasteiger partial charge is 0.481 e. The fourth-order valence-electron chi connectivity index (χ4n) is 1.74. The molecule has 1 amide bonds. The summed E-state index contributed by atoms with van der Waals surface area (Å²) in [6.07, 6.45) is 1.47. The molecule has 0 saturated heterocycles. The lowest BCUT2D eigenvalue weighted by Gasteiger charge is -2.12. The van der Waals surface area contributed by atoms with Gasteiger partial charge in [0.15, 0.2) is 18.2 Å². The van der Waals surface area contributed by atoms with Crippen molar-refractivity contribution in [1.29, 1.82) is 0 Å². The van der Waals surface area contributed by atoms with Crippen LogP contribution in [0, 0.1) is 5.82 Å². The molecule has 1 rings (SSSR count). The van der Waals surface area contributed by atoms with Crippen LogP contribution in [-0.2, 0) is 11.2 Å². The molecule has 1 aromatic rings. The SMILES string of the molecule is CCC(N)Cc1ccc(OCC(=O)NC(C)C)c(F)c1. The number of nitrogens with two attached hydrogens (primary N) is 1. The molecule has 4 nitrogen and oxygen atoms in total. The minimum Gasteiger partial charge on any atom is -0.481 e. The van der Waals surface area contributed by atoms with Crippen molar-refractivity contribution in [1.82, 2.24) is 5.32 Å². The Balaban J connectivity index is 2.57. The predicted octanol–water partition coefficient (Wildman–Crippen LogP) is 2.01. The molecule has 0 heterocycles. The number of rotatable bonds is 7. The van der Waals surface area contributed by atoms with E-state index in [2.05, 4.69) is 5.32 Å². The molecule has 1 aromatic carbocycles. The zero-order valence-corrected chi connectivity index (χ0v) is 12.3. The molecule has 0 aliphatic heterocycles. The lowest BCUT2D eigenvalue weighted by molar-refractivity contribution is -0.123. The highest BCUT2D eigenvalue weighted by Crippen LogP contribution is 2.19. The van der Waals surface area contributed by atoms with Crippen LogP contribution in [0.5, 0.6) is 5.75 Å². The average Bonchev–Trinajstić information content (AvgIpc) is 2.36. The van der Waals surface area contributed by atoms with E-state index in [0.29, 0.717) is 6.42 Å². The zero-order chi connectivity index (χ0) is 15.1. The first-order chi connectivity index (χ1) is 9.42. The summed E-state index contributed by atoms with van der Waals surface area (Å²) in [5.41, 5.74) is 6.66. The van der Waals surface area contributed by atoms with Crippen LogP contribution < -0.4 is 15.8 Å². The van der Waals surface area contributed by atoms with E-state index in [9.17, 15) is 9.18 Å². The molecule has 0 fully saturated rings. The summed E-state index contributed by atoms with van der Waals surface area (Å²) in [7, 11) is 0. The third-order valence-electron chi connectivity index (χ3n) is 2.83. The summed E-state index contributed by atoms with van der Waals surface area (Å²) < 4.78 is 19.0. The fourth-order valence-corrected chi connectivity index (χ4v) is 1.74. The molecule has 0 aliphatic rings. The maximum absolute atomic E-state index is 13.8. The van der Waals surface area contributed by atoms with Crippen LogP contribution in [0.1, 0.15) is 32.8 Å². The van der Waals surface area contributed by atoms with Gasteiger partial charge in [-0.05, 0) is 44.4 Å². The van der Waals surface area contributed by atoms with Crippen LogP contribution in [0.3, 0.4) is 0 Å². The monoisotopic (exact) mass is 282 g/mol. The number of hydrogen-bond acceptors (Lipinski definition) is 3. The highest BCUT2D eigenvalue weighted by Gasteiger charge is 2.10. The van der Waals surface area contributed by atoms with Crippen molar-refractivity contribution in [2.45, 2.75) is 45.7 Å². The van der Waals surface area contributed by atoms with E-state index < -0.39 is 5.82 Å². The van der Waals surface area contributed by atoms with E-state index in [1.165, 1.54) is 12.1 Å². The van der Waals surface area contributed by atoms with Crippen molar-refractivity contribution in [3.05, 3.63) is 29.6 Å². The second-order valence-corrected chi connectivity index (χ2v) is 5.15.